The van der Waals surface area contributed by atoms with Crippen LogP contribution in [0.1, 0.15) is 12.5 Å². The van der Waals surface area contributed by atoms with Crippen LogP contribution < -0.4 is 10.6 Å². The van der Waals surface area contributed by atoms with Gasteiger partial charge in [-0.15, -0.1) is 0 Å². The average Bonchev–Trinajstić information content (AvgIpc) is 2.45. The summed E-state index contributed by atoms with van der Waals surface area (Å²) in [5, 5.41) is 6.47. The van der Waals surface area contributed by atoms with Crippen molar-refractivity contribution in [1.82, 2.24) is 4.98 Å². The molecule has 2 rings (SSSR count). The Morgan fingerprint density at radius 2 is 1.67 bits per heavy atom. The number of nitrogens with one attached hydrogen (secondary N) is 2. The monoisotopic (exact) mass is 305 g/mol. The molecule has 0 aliphatic carbocycles. The summed E-state index contributed by atoms with van der Waals surface area (Å²) in [5.41, 5.74) is 2.90. The number of hydrogen-bond donors (Lipinski definition) is 2. The number of hydrogen-bond acceptors (Lipinski definition) is 5. The molecule has 0 atom stereocenters. The molecule has 1 aromatic heterocycles. The van der Waals surface area contributed by atoms with Crippen LogP contribution in [-0.4, -0.2) is 26.2 Å². The van der Waals surface area contributed by atoms with E-state index >= 15 is 0 Å². The summed E-state index contributed by atoms with van der Waals surface area (Å²) in [6.45, 7) is 3.49. The summed E-state index contributed by atoms with van der Waals surface area (Å²) in [6, 6.07) is 8.86. The third-order valence-electron chi connectivity index (χ3n) is 2.97. The first-order chi connectivity index (χ1) is 9.99. The number of anilines is 2. The first kappa shape index (κ1) is 15.3. The summed E-state index contributed by atoms with van der Waals surface area (Å²) in [7, 11) is -3.14. The van der Waals surface area contributed by atoms with E-state index < -0.39 is 9.84 Å². The first-order valence-electron chi connectivity index (χ1n) is 6.71. The number of rotatable bonds is 6. The van der Waals surface area contributed by atoms with Gasteiger partial charge in [0.25, 0.3) is 0 Å². The minimum Gasteiger partial charge on any atom is -0.384 e. The fourth-order valence-electron chi connectivity index (χ4n) is 1.90. The van der Waals surface area contributed by atoms with E-state index in [1.54, 1.807) is 24.5 Å². The van der Waals surface area contributed by atoms with Gasteiger partial charge in [0.05, 0.1) is 28.7 Å². The van der Waals surface area contributed by atoms with E-state index in [2.05, 4.69) is 15.6 Å². The van der Waals surface area contributed by atoms with E-state index in [4.69, 9.17) is 0 Å². The van der Waals surface area contributed by atoms with Gasteiger partial charge in [-0.25, -0.2) is 8.42 Å². The lowest BCUT2D eigenvalue weighted by atomic mass is 10.2. The smallest absolute Gasteiger partial charge is 0.175 e. The second-order valence-electron chi connectivity index (χ2n) is 4.76. The van der Waals surface area contributed by atoms with Crippen molar-refractivity contribution >= 4 is 21.2 Å². The SMILES string of the molecule is CCNc1cncc(NCc2ccc(S(C)(=O)=O)cc2)c1. The van der Waals surface area contributed by atoms with Crippen LogP contribution in [-0.2, 0) is 16.4 Å². The van der Waals surface area contributed by atoms with Gasteiger partial charge in [-0.05, 0) is 30.7 Å². The second-order valence-corrected chi connectivity index (χ2v) is 6.78. The van der Waals surface area contributed by atoms with E-state index in [-0.39, 0.29) is 0 Å². The van der Waals surface area contributed by atoms with Gasteiger partial charge in [0.15, 0.2) is 9.84 Å². The van der Waals surface area contributed by atoms with Crippen LogP contribution in [0.2, 0.25) is 0 Å². The molecule has 1 heterocycles. The number of benzene rings is 1. The maximum atomic E-state index is 11.4. The minimum atomic E-state index is -3.14. The third kappa shape index (κ3) is 4.46. The Morgan fingerprint density at radius 3 is 2.24 bits per heavy atom. The van der Waals surface area contributed by atoms with Gasteiger partial charge in [0, 0.05) is 19.3 Å². The Kier molecular flexibility index (Phi) is 4.80. The Hall–Kier alpha value is -2.08. The highest BCUT2D eigenvalue weighted by Crippen LogP contribution is 2.15. The predicted octanol–water partition coefficient (Wildman–Crippen LogP) is 2.53. The lowest BCUT2D eigenvalue weighted by molar-refractivity contribution is 0.602. The maximum absolute atomic E-state index is 11.4. The summed E-state index contributed by atoms with van der Waals surface area (Å²) >= 11 is 0. The van der Waals surface area contributed by atoms with Crippen LogP contribution in [0.25, 0.3) is 0 Å². The molecule has 0 bridgehead atoms. The van der Waals surface area contributed by atoms with Crippen molar-refractivity contribution in [1.29, 1.82) is 0 Å². The highest BCUT2D eigenvalue weighted by atomic mass is 32.2. The van der Waals surface area contributed by atoms with E-state index in [9.17, 15) is 8.42 Å². The van der Waals surface area contributed by atoms with Crippen molar-refractivity contribution in [3.63, 3.8) is 0 Å². The molecule has 0 unspecified atom stereocenters. The molecule has 0 fully saturated rings. The predicted molar refractivity (Wildman–Crippen MR) is 85.3 cm³/mol. The van der Waals surface area contributed by atoms with Gasteiger partial charge in [0.2, 0.25) is 0 Å². The largest absolute Gasteiger partial charge is 0.384 e. The molecule has 0 amide bonds. The molecule has 2 N–H and O–H groups in total. The lowest BCUT2D eigenvalue weighted by Crippen LogP contribution is -2.03. The van der Waals surface area contributed by atoms with Gasteiger partial charge in [-0.3, -0.25) is 4.98 Å². The summed E-state index contributed by atoms with van der Waals surface area (Å²) in [4.78, 5) is 4.49. The summed E-state index contributed by atoms with van der Waals surface area (Å²) in [5.74, 6) is 0. The fourth-order valence-corrected chi connectivity index (χ4v) is 2.53. The van der Waals surface area contributed by atoms with E-state index in [0.29, 0.717) is 11.4 Å². The highest BCUT2D eigenvalue weighted by Gasteiger charge is 2.06. The molecule has 112 valence electrons. The van der Waals surface area contributed by atoms with Crippen molar-refractivity contribution in [2.75, 3.05) is 23.4 Å². The standard InChI is InChI=1S/C15H19N3O2S/c1-3-17-13-8-14(11-16-10-13)18-9-12-4-6-15(7-5-12)21(2,19)20/h4-8,10-11,17-18H,3,9H2,1-2H3. The normalized spacial score (nSPS) is 11.1. The summed E-state index contributed by atoms with van der Waals surface area (Å²) in [6.07, 6.45) is 4.74. The van der Waals surface area contributed by atoms with Gasteiger partial charge < -0.3 is 10.6 Å². The zero-order valence-electron chi connectivity index (χ0n) is 12.1. The first-order valence-corrected chi connectivity index (χ1v) is 8.60. The molecule has 0 aliphatic rings. The van der Waals surface area contributed by atoms with E-state index in [1.165, 1.54) is 6.26 Å². The van der Waals surface area contributed by atoms with E-state index in [1.807, 2.05) is 25.1 Å². The molecule has 0 aliphatic heterocycles. The van der Waals surface area contributed by atoms with Crippen molar-refractivity contribution in [2.24, 2.45) is 0 Å². The fraction of sp³-hybridized carbons (Fsp3) is 0.267. The Balaban J connectivity index is 2.01. The van der Waals surface area contributed by atoms with Crippen LogP contribution in [0.3, 0.4) is 0 Å². The van der Waals surface area contributed by atoms with Crippen LogP contribution >= 0.6 is 0 Å². The lowest BCUT2D eigenvalue weighted by Gasteiger charge is -2.09. The zero-order chi connectivity index (χ0) is 15.3. The quantitative estimate of drug-likeness (QED) is 0.858. The molecule has 0 saturated heterocycles. The molecular weight excluding hydrogens is 286 g/mol. The molecule has 0 radical (unpaired) electrons. The minimum absolute atomic E-state index is 0.335. The molecule has 1 aromatic carbocycles. The molecule has 6 heteroatoms. The molecule has 2 aromatic rings. The van der Waals surface area contributed by atoms with Crippen LogP contribution in [0.5, 0.6) is 0 Å². The highest BCUT2D eigenvalue weighted by molar-refractivity contribution is 7.90. The molecule has 0 spiro atoms. The Morgan fingerprint density at radius 1 is 1.05 bits per heavy atom. The third-order valence-corrected chi connectivity index (χ3v) is 4.10. The molecular formula is C15H19N3O2S. The van der Waals surface area contributed by atoms with Crippen molar-refractivity contribution in [2.45, 2.75) is 18.4 Å². The van der Waals surface area contributed by atoms with Gasteiger partial charge in [0.1, 0.15) is 0 Å². The topological polar surface area (TPSA) is 71.1 Å². The zero-order valence-corrected chi connectivity index (χ0v) is 12.9. The number of aromatic nitrogens is 1. The average molecular weight is 305 g/mol. The van der Waals surface area contributed by atoms with Gasteiger partial charge in [-0.2, -0.15) is 0 Å². The van der Waals surface area contributed by atoms with Crippen molar-refractivity contribution < 1.29 is 8.42 Å². The van der Waals surface area contributed by atoms with Crippen molar-refractivity contribution in [3.05, 3.63) is 48.3 Å². The number of nitrogens with zero attached hydrogens (tertiary/aromatic N) is 1. The molecule has 21 heavy (non-hydrogen) atoms. The molecule has 5 nitrogen and oxygen atoms in total. The van der Waals surface area contributed by atoms with Crippen LogP contribution in [0.4, 0.5) is 11.4 Å². The van der Waals surface area contributed by atoms with Gasteiger partial charge in [-0.1, -0.05) is 12.1 Å². The summed E-state index contributed by atoms with van der Waals surface area (Å²) < 4.78 is 22.8. The van der Waals surface area contributed by atoms with Crippen molar-refractivity contribution in [3.8, 4) is 0 Å². The maximum Gasteiger partial charge on any atom is 0.175 e. The van der Waals surface area contributed by atoms with E-state index in [0.717, 1.165) is 23.5 Å². The number of sulfone groups is 1. The Bertz CT molecular complexity index is 697. The molecule has 0 saturated carbocycles. The second kappa shape index (κ2) is 6.58. The number of pyridine rings is 1. The van der Waals surface area contributed by atoms with Crippen LogP contribution in [0, 0.1) is 0 Å². The Labute approximate surface area is 125 Å². The van der Waals surface area contributed by atoms with Crippen LogP contribution in [0.15, 0.2) is 47.6 Å². The van der Waals surface area contributed by atoms with Gasteiger partial charge >= 0.3 is 0 Å².